The van der Waals surface area contributed by atoms with E-state index in [1.807, 2.05) is 25.1 Å². The third-order valence-corrected chi connectivity index (χ3v) is 4.09. The van der Waals surface area contributed by atoms with Crippen LogP contribution >= 0.6 is 0 Å². The van der Waals surface area contributed by atoms with E-state index in [2.05, 4.69) is 16.3 Å². The van der Waals surface area contributed by atoms with Gasteiger partial charge in [0.15, 0.2) is 0 Å². The van der Waals surface area contributed by atoms with Crippen LogP contribution in [0.2, 0.25) is 0 Å². The Hall–Kier alpha value is -1.75. The molecule has 1 atom stereocenters. The number of nitrogens with one attached hydrogen (secondary N) is 1. The van der Waals surface area contributed by atoms with Gasteiger partial charge in [-0.3, -0.25) is 0 Å². The molecule has 1 heterocycles. The lowest BCUT2D eigenvalue weighted by atomic mass is 10.1. The van der Waals surface area contributed by atoms with Crippen LogP contribution in [0.1, 0.15) is 26.2 Å². The zero-order valence-electron chi connectivity index (χ0n) is 12.9. The molecule has 116 valence electrons. The molecular weight excluding hydrogens is 266 g/mol. The normalized spacial score (nSPS) is 16.4. The van der Waals surface area contributed by atoms with Crippen LogP contribution in [0.15, 0.2) is 24.3 Å². The fourth-order valence-electron chi connectivity index (χ4n) is 2.52. The molecule has 5 nitrogen and oxygen atoms in total. The number of anilines is 2. The van der Waals surface area contributed by atoms with E-state index in [-0.39, 0.29) is 18.7 Å². The van der Waals surface area contributed by atoms with Crippen LogP contribution in [-0.2, 0) is 0 Å². The third kappa shape index (κ3) is 3.88. The maximum Gasteiger partial charge on any atom is 0.321 e. The first-order valence-corrected chi connectivity index (χ1v) is 7.62. The highest BCUT2D eigenvalue weighted by Gasteiger charge is 2.18. The molecule has 21 heavy (non-hydrogen) atoms. The molecule has 1 saturated heterocycles. The summed E-state index contributed by atoms with van der Waals surface area (Å²) in [6.07, 6.45) is 3.68. The number of carbonyl (C=O) groups excluding carboxylic acids is 1. The second-order valence-electron chi connectivity index (χ2n) is 5.64. The molecule has 2 amide bonds. The van der Waals surface area contributed by atoms with Gasteiger partial charge in [-0.1, -0.05) is 12.1 Å². The van der Waals surface area contributed by atoms with Crippen molar-refractivity contribution in [2.24, 2.45) is 0 Å². The van der Waals surface area contributed by atoms with Crippen molar-refractivity contribution in [1.29, 1.82) is 0 Å². The van der Waals surface area contributed by atoms with E-state index in [9.17, 15) is 4.79 Å². The summed E-state index contributed by atoms with van der Waals surface area (Å²) < 4.78 is 0. The van der Waals surface area contributed by atoms with Crippen LogP contribution in [0, 0.1) is 0 Å². The predicted molar refractivity (Wildman–Crippen MR) is 85.8 cm³/mol. The van der Waals surface area contributed by atoms with E-state index in [0.29, 0.717) is 0 Å². The van der Waals surface area contributed by atoms with Crippen molar-refractivity contribution in [2.75, 3.05) is 37.0 Å². The quantitative estimate of drug-likeness (QED) is 0.896. The molecule has 2 rings (SSSR count). The Kier molecular flexibility index (Phi) is 5.44. The third-order valence-electron chi connectivity index (χ3n) is 4.09. The van der Waals surface area contributed by atoms with Crippen molar-refractivity contribution in [3.05, 3.63) is 24.3 Å². The average molecular weight is 291 g/mol. The summed E-state index contributed by atoms with van der Waals surface area (Å²) >= 11 is 0. The number of carbonyl (C=O) groups is 1. The summed E-state index contributed by atoms with van der Waals surface area (Å²) in [5, 5.41) is 12.1. The van der Waals surface area contributed by atoms with E-state index < -0.39 is 0 Å². The lowest BCUT2D eigenvalue weighted by molar-refractivity contribution is 0.166. The van der Waals surface area contributed by atoms with Crippen LogP contribution < -0.4 is 10.2 Å². The second-order valence-corrected chi connectivity index (χ2v) is 5.64. The molecular formula is C16H25N3O2. The summed E-state index contributed by atoms with van der Waals surface area (Å²) in [5.41, 5.74) is 1.91. The van der Waals surface area contributed by atoms with Gasteiger partial charge in [0.1, 0.15) is 0 Å². The Morgan fingerprint density at radius 2 is 2.00 bits per heavy atom. The molecule has 1 fully saturated rings. The summed E-state index contributed by atoms with van der Waals surface area (Å²) in [4.78, 5) is 16.1. The number of hydrogen-bond donors (Lipinski definition) is 2. The molecule has 1 aliphatic rings. The molecule has 1 aromatic carbocycles. The van der Waals surface area contributed by atoms with Crippen molar-refractivity contribution >= 4 is 17.4 Å². The molecule has 1 unspecified atom stereocenters. The number of nitrogens with zero attached hydrogens (tertiary/aromatic N) is 2. The van der Waals surface area contributed by atoms with Gasteiger partial charge in [0.05, 0.1) is 24.0 Å². The Labute approximate surface area is 126 Å². The molecule has 0 aliphatic carbocycles. The first-order chi connectivity index (χ1) is 10.1. The van der Waals surface area contributed by atoms with E-state index in [4.69, 9.17) is 5.11 Å². The molecule has 2 N–H and O–H groups in total. The Morgan fingerprint density at radius 1 is 1.33 bits per heavy atom. The second kappa shape index (κ2) is 7.31. The number of hydrogen-bond acceptors (Lipinski definition) is 3. The zero-order valence-corrected chi connectivity index (χ0v) is 12.9. The van der Waals surface area contributed by atoms with Crippen LogP contribution in [0.4, 0.5) is 16.2 Å². The largest absolute Gasteiger partial charge is 0.394 e. The topological polar surface area (TPSA) is 55.8 Å². The number of rotatable bonds is 4. The standard InChI is InChI=1S/C16H25N3O2/c1-13(12-20)18(2)16(21)17-14-8-4-5-9-15(14)19-10-6-3-7-11-19/h4-5,8-9,13,20H,3,6-7,10-12H2,1-2H3,(H,17,21). The average Bonchev–Trinajstić information content (AvgIpc) is 2.54. The van der Waals surface area contributed by atoms with Gasteiger partial charge in [-0.05, 0) is 38.3 Å². The Bertz CT molecular complexity index is 472. The fraction of sp³-hybridized carbons (Fsp3) is 0.562. The van der Waals surface area contributed by atoms with Crippen LogP contribution in [0.25, 0.3) is 0 Å². The Balaban J connectivity index is 2.11. The molecule has 0 saturated carbocycles. The molecule has 0 aromatic heterocycles. The van der Waals surface area contributed by atoms with Crippen molar-refractivity contribution in [1.82, 2.24) is 4.90 Å². The van der Waals surface area contributed by atoms with Crippen molar-refractivity contribution in [3.8, 4) is 0 Å². The molecule has 0 bridgehead atoms. The SMILES string of the molecule is CC(CO)N(C)C(=O)Nc1ccccc1N1CCCCC1. The van der Waals surface area contributed by atoms with Gasteiger partial charge in [0, 0.05) is 20.1 Å². The summed E-state index contributed by atoms with van der Waals surface area (Å²) in [7, 11) is 1.69. The minimum Gasteiger partial charge on any atom is -0.394 e. The highest BCUT2D eigenvalue weighted by atomic mass is 16.3. The molecule has 0 spiro atoms. The van der Waals surface area contributed by atoms with Crippen LogP contribution in [0.3, 0.4) is 0 Å². The lowest BCUT2D eigenvalue weighted by Gasteiger charge is -2.31. The highest BCUT2D eigenvalue weighted by Crippen LogP contribution is 2.28. The van der Waals surface area contributed by atoms with Gasteiger partial charge >= 0.3 is 6.03 Å². The van der Waals surface area contributed by atoms with E-state index in [0.717, 1.165) is 24.5 Å². The number of aliphatic hydroxyl groups excluding tert-OH is 1. The summed E-state index contributed by atoms with van der Waals surface area (Å²) in [6, 6.07) is 7.52. The van der Waals surface area contributed by atoms with Gasteiger partial charge in [-0.15, -0.1) is 0 Å². The number of para-hydroxylation sites is 2. The minimum atomic E-state index is -0.202. The predicted octanol–water partition coefficient (Wildman–Crippen LogP) is 2.52. The van der Waals surface area contributed by atoms with Gasteiger partial charge in [0.2, 0.25) is 0 Å². The number of aliphatic hydroxyl groups is 1. The van der Waals surface area contributed by atoms with Crippen LogP contribution in [-0.4, -0.2) is 48.8 Å². The minimum absolute atomic E-state index is 0.0440. The first kappa shape index (κ1) is 15.6. The van der Waals surface area contributed by atoms with E-state index >= 15 is 0 Å². The number of urea groups is 1. The van der Waals surface area contributed by atoms with Gasteiger partial charge in [-0.25, -0.2) is 4.79 Å². The molecule has 0 radical (unpaired) electrons. The monoisotopic (exact) mass is 291 g/mol. The first-order valence-electron chi connectivity index (χ1n) is 7.62. The molecule has 1 aromatic rings. The van der Waals surface area contributed by atoms with Crippen molar-refractivity contribution in [2.45, 2.75) is 32.2 Å². The number of likely N-dealkylation sites (N-methyl/N-ethyl adjacent to an activating group) is 1. The summed E-state index contributed by atoms with van der Waals surface area (Å²) in [6.45, 7) is 3.85. The van der Waals surface area contributed by atoms with E-state index in [1.54, 1.807) is 7.05 Å². The van der Waals surface area contributed by atoms with Crippen LogP contribution in [0.5, 0.6) is 0 Å². The van der Waals surface area contributed by atoms with Gasteiger partial charge < -0.3 is 20.2 Å². The lowest BCUT2D eigenvalue weighted by Crippen LogP contribution is -2.40. The van der Waals surface area contributed by atoms with Gasteiger partial charge in [-0.2, -0.15) is 0 Å². The van der Waals surface area contributed by atoms with Crippen molar-refractivity contribution in [3.63, 3.8) is 0 Å². The summed E-state index contributed by atoms with van der Waals surface area (Å²) in [5.74, 6) is 0. The maximum absolute atomic E-state index is 12.2. The van der Waals surface area contributed by atoms with Gasteiger partial charge in [0.25, 0.3) is 0 Å². The molecule has 1 aliphatic heterocycles. The highest BCUT2D eigenvalue weighted by molar-refractivity contribution is 5.93. The van der Waals surface area contributed by atoms with Crippen molar-refractivity contribution < 1.29 is 9.90 Å². The van der Waals surface area contributed by atoms with E-state index in [1.165, 1.54) is 24.2 Å². The Morgan fingerprint density at radius 3 is 2.67 bits per heavy atom. The number of amides is 2. The number of benzene rings is 1. The maximum atomic E-state index is 12.2. The fourth-order valence-corrected chi connectivity index (χ4v) is 2.52. The number of piperidine rings is 1. The smallest absolute Gasteiger partial charge is 0.321 e. The zero-order chi connectivity index (χ0) is 15.2. The molecule has 5 heteroatoms.